The molecule has 1 aromatic heterocycles. The summed E-state index contributed by atoms with van der Waals surface area (Å²) in [7, 11) is 1.69. The molecule has 1 unspecified atom stereocenters. The zero-order chi connectivity index (χ0) is 12.4. The summed E-state index contributed by atoms with van der Waals surface area (Å²) in [4.78, 5) is 0. The molecule has 18 heavy (non-hydrogen) atoms. The lowest BCUT2D eigenvalue weighted by molar-refractivity contribution is 0.273. The topological polar surface area (TPSA) is 30.5 Å². The summed E-state index contributed by atoms with van der Waals surface area (Å²) in [5.41, 5.74) is 2.34. The molecule has 1 atom stereocenters. The fourth-order valence-corrected chi connectivity index (χ4v) is 2.79. The molecule has 4 heteroatoms. The zero-order valence-electron chi connectivity index (χ0n) is 10.2. The largest absolute Gasteiger partial charge is 0.497 e. The van der Waals surface area contributed by atoms with Gasteiger partial charge in [-0.15, -0.1) is 0 Å². The minimum Gasteiger partial charge on any atom is -0.497 e. The normalized spacial score (nSPS) is 17.7. The van der Waals surface area contributed by atoms with Crippen molar-refractivity contribution in [2.24, 2.45) is 0 Å². The predicted molar refractivity (Wildman–Crippen MR) is 73.8 cm³/mol. The monoisotopic (exact) mass is 261 g/mol. The van der Waals surface area contributed by atoms with Crippen LogP contribution >= 0.6 is 11.3 Å². The summed E-state index contributed by atoms with van der Waals surface area (Å²) in [6, 6.07) is 8.36. The van der Waals surface area contributed by atoms with Crippen LogP contribution in [0.5, 0.6) is 11.5 Å². The highest BCUT2D eigenvalue weighted by Gasteiger charge is 2.22. The van der Waals surface area contributed by atoms with Crippen LogP contribution < -0.4 is 14.8 Å². The highest BCUT2D eigenvalue weighted by atomic mass is 32.1. The number of ether oxygens (including phenoxy) is 2. The molecule has 0 spiro atoms. The molecule has 0 aliphatic carbocycles. The molecule has 0 amide bonds. The van der Waals surface area contributed by atoms with Gasteiger partial charge in [-0.1, -0.05) is 0 Å². The van der Waals surface area contributed by atoms with Crippen molar-refractivity contribution >= 4 is 17.0 Å². The second-order valence-corrected chi connectivity index (χ2v) is 5.03. The van der Waals surface area contributed by atoms with E-state index in [-0.39, 0.29) is 0 Å². The van der Waals surface area contributed by atoms with E-state index in [2.05, 4.69) is 28.2 Å². The van der Waals surface area contributed by atoms with Gasteiger partial charge in [0.05, 0.1) is 19.8 Å². The van der Waals surface area contributed by atoms with Crippen LogP contribution in [0.4, 0.5) is 5.69 Å². The third-order valence-electron chi connectivity index (χ3n) is 3.12. The quantitative estimate of drug-likeness (QED) is 0.914. The van der Waals surface area contributed by atoms with Crippen LogP contribution in [0.25, 0.3) is 0 Å². The summed E-state index contributed by atoms with van der Waals surface area (Å²) < 4.78 is 11.0. The average molecular weight is 261 g/mol. The maximum atomic E-state index is 5.68. The number of rotatable bonds is 3. The molecule has 0 radical (unpaired) electrons. The van der Waals surface area contributed by atoms with Crippen molar-refractivity contribution in [2.75, 3.05) is 19.0 Å². The molecule has 0 saturated heterocycles. The molecule has 0 fully saturated rings. The van der Waals surface area contributed by atoms with Gasteiger partial charge in [0.2, 0.25) is 0 Å². The van der Waals surface area contributed by atoms with E-state index in [1.54, 1.807) is 18.4 Å². The molecule has 1 N–H and O–H groups in total. The van der Waals surface area contributed by atoms with Crippen LogP contribution in [0.2, 0.25) is 0 Å². The number of anilines is 1. The standard InChI is InChI=1S/C14H15NO2S/c1-16-11-2-3-14-12(8-11)13(4-6-17-14)15-10-5-7-18-9-10/h2-3,5,7-9,13,15H,4,6H2,1H3. The van der Waals surface area contributed by atoms with Gasteiger partial charge in [-0.3, -0.25) is 0 Å². The maximum absolute atomic E-state index is 5.68. The lowest BCUT2D eigenvalue weighted by atomic mass is 10.00. The third kappa shape index (κ3) is 2.16. The van der Waals surface area contributed by atoms with Crippen molar-refractivity contribution in [3.05, 3.63) is 40.6 Å². The molecule has 2 heterocycles. The minimum absolute atomic E-state index is 0.290. The van der Waals surface area contributed by atoms with E-state index in [9.17, 15) is 0 Å². The molecule has 0 saturated carbocycles. The van der Waals surface area contributed by atoms with E-state index in [0.29, 0.717) is 6.04 Å². The summed E-state index contributed by atoms with van der Waals surface area (Å²) in [5.74, 6) is 1.83. The van der Waals surface area contributed by atoms with Crippen LogP contribution in [0.1, 0.15) is 18.0 Å². The third-order valence-corrected chi connectivity index (χ3v) is 3.80. The summed E-state index contributed by atoms with van der Waals surface area (Å²) in [6.45, 7) is 0.751. The van der Waals surface area contributed by atoms with Gasteiger partial charge >= 0.3 is 0 Å². The van der Waals surface area contributed by atoms with Crippen molar-refractivity contribution < 1.29 is 9.47 Å². The Kier molecular flexibility index (Phi) is 3.11. The lowest BCUT2D eigenvalue weighted by Gasteiger charge is -2.27. The SMILES string of the molecule is COc1ccc2c(c1)C(Nc1ccsc1)CCO2. The fraction of sp³-hybridized carbons (Fsp3) is 0.286. The van der Waals surface area contributed by atoms with Crippen LogP contribution in [0.3, 0.4) is 0 Å². The highest BCUT2D eigenvalue weighted by Crippen LogP contribution is 2.36. The van der Waals surface area contributed by atoms with Gasteiger partial charge in [0.1, 0.15) is 11.5 Å². The van der Waals surface area contributed by atoms with E-state index in [4.69, 9.17) is 9.47 Å². The smallest absolute Gasteiger partial charge is 0.124 e. The second-order valence-electron chi connectivity index (χ2n) is 4.25. The molecule has 1 aliphatic heterocycles. The Morgan fingerprint density at radius 1 is 1.39 bits per heavy atom. The Hall–Kier alpha value is -1.68. The number of nitrogens with one attached hydrogen (secondary N) is 1. The molecule has 94 valence electrons. The molecule has 0 bridgehead atoms. The molecular weight excluding hydrogens is 246 g/mol. The van der Waals surface area contributed by atoms with Crippen molar-refractivity contribution in [1.29, 1.82) is 0 Å². The van der Waals surface area contributed by atoms with Gasteiger partial charge in [0, 0.05) is 23.1 Å². The highest BCUT2D eigenvalue weighted by molar-refractivity contribution is 7.08. The second kappa shape index (κ2) is 4.90. The maximum Gasteiger partial charge on any atom is 0.124 e. The number of hydrogen-bond donors (Lipinski definition) is 1. The fourth-order valence-electron chi connectivity index (χ4n) is 2.20. The first kappa shape index (κ1) is 11.4. The van der Waals surface area contributed by atoms with E-state index in [1.165, 1.54) is 11.3 Å². The molecule has 2 aromatic rings. The van der Waals surface area contributed by atoms with Gasteiger partial charge in [-0.05, 0) is 29.6 Å². The van der Waals surface area contributed by atoms with Crippen molar-refractivity contribution in [3.63, 3.8) is 0 Å². The minimum atomic E-state index is 0.290. The van der Waals surface area contributed by atoms with Crippen molar-refractivity contribution in [1.82, 2.24) is 0 Å². The Morgan fingerprint density at radius 2 is 2.33 bits per heavy atom. The summed E-state index contributed by atoms with van der Waals surface area (Å²) in [5, 5.41) is 7.74. The van der Waals surface area contributed by atoms with Gasteiger partial charge in [0.15, 0.2) is 0 Å². The van der Waals surface area contributed by atoms with Gasteiger partial charge < -0.3 is 14.8 Å². The number of thiophene rings is 1. The first-order valence-corrected chi connectivity index (χ1v) is 6.90. The van der Waals surface area contributed by atoms with Crippen LogP contribution in [0.15, 0.2) is 35.0 Å². The first-order chi connectivity index (χ1) is 8.86. The van der Waals surface area contributed by atoms with E-state index >= 15 is 0 Å². The van der Waals surface area contributed by atoms with Crippen LogP contribution in [0, 0.1) is 0 Å². The predicted octanol–water partition coefficient (Wildman–Crippen LogP) is 3.69. The molecule has 3 nitrogen and oxygen atoms in total. The van der Waals surface area contributed by atoms with Crippen molar-refractivity contribution in [3.8, 4) is 11.5 Å². The molecule has 1 aromatic carbocycles. The first-order valence-electron chi connectivity index (χ1n) is 5.96. The molecular formula is C14H15NO2S. The van der Waals surface area contributed by atoms with E-state index < -0.39 is 0 Å². The average Bonchev–Trinajstić information content (AvgIpc) is 2.91. The molecule has 1 aliphatic rings. The Balaban J connectivity index is 1.90. The molecule has 3 rings (SSSR count). The Bertz CT molecular complexity index is 525. The number of fused-ring (bicyclic) bond motifs is 1. The van der Waals surface area contributed by atoms with Crippen LogP contribution in [-0.4, -0.2) is 13.7 Å². The van der Waals surface area contributed by atoms with Gasteiger partial charge in [-0.2, -0.15) is 11.3 Å². The number of methoxy groups -OCH3 is 1. The van der Waals surface area contributed by atoms with Gasteiger partial charge in [-0.25, -0.2) is 0 Å². The van der Waals surface area contributed by atoms with Gasteiger partial charge in [0.25, 0.3) is 0 Å². The number of hydrogen-bond acceptors (Lipinski definition) is 4. The Morgan fingerprint density at radius 3 is 3.11 bits per heavy atom. The Labute approximate surface area is 110 Å². The summed E-state index contributed by atoms with van der Waals surface area (Å²) in [6.07, 6.45) is 0.968. The summed E-state index contributed by atoms with van der Waals surface area (Å²) >= 11 is 1.70. The van der Waals surface area contributed by atoms with Crippen molar-refractivity contribution in [2.45, 2.75) is 12.5 Å². The van der Waals surface area contributed by atoms with E-state index in [0.717, 1.165) is 24.5 Å². The number of benzene rings is 1. The van der Waals surface area contributed by atoms with Crippen LogP contribution in [-0.2, 0) is 0 Å². The lowest BCUT2D eigenvalue weighted by Crippen LogP contribution is -2.20. The van der Waals surface area contributed by atoms with E-state index in [1.807, 2.05) is 12.1 Å². The zero-order valence-corrected chi connectivity index (χ0v) is 11.0.